The molecule has 0 aliphatic heterocycles. The van der Waals surface area contributed by atoms with Crippen LogP contribution in [0.25, 0.3) is 10.9 Å². The molecule has 1 N–H and O–H groups in total. The van der Waals surface area contributed by atoms with E-state index in [2.05, 4.69) is 32.2 Å². The van der Waals surface area contributed by atoms with Crippen LogP contribution in [0.3, 0.4) is 0 Å². The number of hydrogen-bond donors (Lipinski definition) is 1. The van der Waals surface area contributed by atoms with Crippen molar-refractivity contribution in [2.45, 2.75) is 6.92 Å². The minimum atomic E-state index is -0.355. The molecule has 0 atom stereocenters. The summed E-state index contributed by atoms with van der Waals surface area (Å²) >= 11 is 0. The first-order valence-corrected chi connectivity index (χ1v) is 9.63. The van der Waals surface area contributed by atoms with Gasteiger partial charge in [0.1, 0.15) is 23.7 Å². The zero-order valence-corrected chi connectivity index (χ0v) is 15.3. The highest BCUT2D eigenvalue weighted by atomic mass is 32.2. The van der Waals surface area contributed by atoms with E-state index in [0.29, 0.717) is 17.3 Å². The molecule has 5 nitrogen and oxygen atoms in total. The second kappa shape index (κ2) is 7.14. The Labute approximate surface area is 148 Å². The third kappa shape index (κ3) is 3.76. The lowest BCUT2D eigenvalue weighted by molar-refractivity contribution is 0.413. The molecule has 0 aliphatic carbocycles. The maximum atomic E-state index is 13.4. The summed E-state index contributed by atoms with van der Waals surface area (Å²) in [5.41, 5.74) is 3.37. The average molecular weight is 358 g/mol. The van der Waals surface area contributed by atoms with Crippen molar-refractivity contribution in [3.05, 3.63) is 48.0 Å². The van der Waals surface area contributed by atoms with Gasteiger partial charge in [-0.1, -0.05) is 0 Å². The molecule has 130 valence electrons. The smallest absolute Gasteiger partial charge is 0.145 e. The molecular formula is C18H19FN4OS. The molecule has 0 saturated heterocycles. The van der Waals surface area contributed by atoms with Gasteiger partial charge in [-0.25, -0.2) is 18.7 Å². The van der Waals surface area contributed by atoms with Crippen LogP contribution in [0.4, 0.5) is 21.6 Å². The van der Waals surface area contributed by atoms with Gasteiger partial charge in [0.25, 0.3) is 0 Å². The van der Waals surface area contributed by atoms with Crippen LogP contribution >= 0.6 is 0 Å². The lowest BCUT2D eigenvalue weighted by Gasteiger charge is -2.13. The quantitative estimate of drug-likeness (QED) is 0.745. The predicted octanol–water partition coefficient (Wildman–Crippen LogP) is 4.52. The molecule has 0 unspecified atom stereocenters. The van der Waals surface area contributed by atoms with E-state index in [1.54, 1.807) is 6.07 Å². The molecule has 25 heavy (non-hydrogen) atoms. The summed E-state index contributed by atoms with van der Waals surface area (Å²) in [7, 11) is 1.46. The summed E-state index contributed by atoms with van der Waals surface area (Å²) in [4.78, 5) is 8.72. The van der Waals surface area contributed by atoms with Gasteiger partial charge in [-0.3, -0.25) is 0 Å². The molecule has 1 aromatic heterocycles. The van der Waals surface area contributed by atoms with Crippen molar-refractivity contribution in [2.24, 2.45) is 4.36 Å². The maximum Gasteiger partial charge on any atom is 0.145 e. The van der Waals surface area contributed by atoms with Crippen molar-refractivity contribution in [1.29, 1.82) is 0 Å². The Kier molecular flexibility index (Phi) is 4.94. The fraction of sp³-hybridized carbons (Fsp3) is 0.222. The molecule has 0 radical (unpaired) electrons. The van der Waals surface area contributed by atoms with Crippen molar-refractivity contribution in [1.82, 2.24) is 9.97 Å². The summed E-state index contributed by atoms with van der Waals surface area (Å²) in [6.45, 7) is 2.00. The molecular weight excluding hydrogens is 339 g/mol. The Hall–Kier alpha value is -2.54. The Balaban J connectivity index is 2.10. The second-order valence-corrected chi connectivity index (χ2v) is 7.44. The molecule has 2 aromatic carbocycles. The summed E-state index contributed by atoms with van der Waals surface area (Å²) in [5.74, 6) is 0.704. The highest BCUT2D eigenvalue weighted by molar-refractivity contribution is 7.85. The Morgan fingerprint density at radius 2 is 1.96 bits per heavy atom. The zero-order chi connectivity index (χ0) is 18.0. The summed E-state index contributed by atoms with van der Waals surface area (Å²) in [6, 6.07) is 8.30. The van der Waals surface area contributed by atoms with Crippen LogP contribution in [0.5, 0.6) is 5.75 Å². The lowest BCUT2D eigenvalue weighted by Crippen LogP contribution is -2.00. The van der Waals surface area contributed by atoms with Crippen LogP contribution in [0.2, 0.25) is 0 Å². The largest absolute Gasteiger partial charge is 0.494 e. The van der Waals surface area contributed by atoms with Crippen molar-refractivity contribution >= 4 is 38.8 Å². The average Bonchev–Trinajstić information content (AvgIpc) is 2.55. The minimum absolute atomic E-state index is 0.0473. The van der Waals surface area contributed by atoms with Gasteiger partial charge in [0.05, 0.1) is 24.0 Å². The standard InChI is InChI=1S/C18H19FN4OS/c1-11-7-13(23-25(3)4)9-15-17(11)18(21-10-20-15)22-14-6-5-12(19)8-16(14)24-2/h5-10H,1-4H3,(H,20,21,22). The van der Waals surface area contributed by atoms with Crippen LogP contribution in [-0.2, 0) is 10.7 Å². The number of fused-ring (bicyclic) bond motifs is 1. The van der Waals surface area contributed by atoms with Gasteiger partial charge >= 0.3 is 0 Å². The monoisotopic (exact) mass is 358 g/mol. The number of ether oxygens (including phenoxy) is 1. The van der Waals surface area contributed by atoms with Gasteiger partial charge in [-0.2, -0.15) is 0 Å². The molecule has 0 fully saturated rings. The van der Waals surface area contributed by atoms with E-state index < -0.39 is 0 Å². The number of halogens is 1. The fourth-order valence-electron chi connectivity index (χ4n) is 2.63. The normalized spacial score (nSPS) is 11.0. The molecule has 0 amide bonds. The van der Waals surface area contributed by atoms with Gasteiger partial charge in [0.2, 0.25) is 0 Å². The van der Waals surface area contributed by atoms with E-state index in [1.165, 1.54) is 25.6 Å². The highest BCUT2D eigenvalue weighted by Crippen LogP contribution is 2.33. The van der Waals surface area contributed by atoms with Crippen molar-refractivity contribution in [3.8, 4) is 5.75 Å². The molecule has 3 rings (SSSR count). The predicted molar refractivity (Wildman–Crippen MR) is 102 cm³/mol. The first-order valence-electron chi connectivity index (χ1n) is 7.63. The van der Waals surface area contributed by atoms with E-state index in [4.69, 9.17) is 4.74 Å². The molecule has 0 aliphatic rings. The van der Waals surface area contributed by atoms with Gasteiger partial charge in [0, 0.05) is 11.5 Å². The molecule has 3 aromatic rings. The molecule has 0 bridgehead atoms. The summed E-state index contributed by atoms with van der Waals surface area (Å²) in [5, 5.41) is 4.13. The second-order valence-electron chi connectivity index (χ2n) is 5.71. The first kappa shape index (κ1) is 17.3. The SMILES string of the molecule is COc1cc(F)ccc1Nc1ncnc2cc(N=S(C)C)cc(C)c12. The number of nitrogens with zero attached hydrogens (tertiary/aromatic N) is 3. The van der Waals surface area contributed by atoms with E-state index in [-0.39, 0.29) is 16.5 Å². The topological polar surface area (TPSA) is 59.4 Å². The Morgan fingerprint density at radius 3 is 2.68 bits per heavy atom. The molecule has 1 heterocycles. The summed E-state index contributed by atoms with van der Waals surface area (Å²) < 4.78 is 23.2. The number of rotatable bonds is 4. The highest BCUT2D eigenvalue weighted by Gasteiger charge is 2.11. The number of anilines is 2. The van der Waals surface area contributed by atoms with Crippen molar-refractivity contribution in [2.75, 3.05) is 24.9 Å². The number of methoxy groups -OCH3 is 1. The third-order valence-electron chi connectivity index (χ3n) is 3.62. The Morgan fingerprint density at radius 1 is 1.16 bits per heavy atom. The van der Waals surface area contributed by atoms with Crippen LogP contribution in [0.1, 0.15) is 5.56 Å². The molecule has 0 saturated carbocycles. The Bertz CT molecular complexity index is 971. The van der Waals surface area contributed by atoms with Gasteiger partial charge in [-0.05, 0) is 49.3 Å². The number of aryl methyl sites for hydroxylation is 1. The molecule has 7 heteroatoms. The number of hydrogen-bond acceptors (Lipinski definition) is 5. The zero-order valence-electron chi connectivity index (χ0n) is 14.5. The third-order valence-corrected chi connectivity index (χ3v) is 4.20. The first-order chi connectivity index (χ1) is 12.0. The van der Waals surface area contributed by atoms with Crippen LogP contribution in [0, 0.1) is 12.7 Å². The van der Waals surface area contributed by atoms with E-state index >= 15 is 0 Å². The fourth-order valence-corrected chi connectivity index (χ4v) is 3.15. The van der Waals surface area contributed by atoms with Crippen molar-refractivity contribution < 1.29 is 9.13 Å². The van der Waals surface area contributed by atoms with Crippen LogP contribution in [-0.4, -0.2) is 29.6 Å². The van der Waals surface area contributed by atoms with E-state index in [9.17, 15) is 4.39 Å². The maximum absolute atomic E-state index is 13.4. The van der Waals surface area contributed by atoms with Crippen LogP contribution < -0.4 is 10.1 Å². The van der Waals surface area contributed by atoms with Crippen LogP contribution in [0.15, 0.2) is 41.0 Å². The summed E-state index contributed by atoms with van der Waals surface area (Å²) in [6.07, 6.45) is 5.63. The van der Waals surface area contributed by atoms with Gasteiger partial charge in [0.15, 0.2) is 0 Å². The number of aromatic nitrogens is 2. The van der Waals surface area contributed by atoms with E-state index in [0.717, 1.165) is 22.2 Å². The van der Waals surface area contributed by atoms with Gasteiger partial charge in [-0.15, -0.1) is 10.7 Å². The number of benzene rings is 2. The van der Waals surface area contributed by atoms with E-state index in [1.807, 2.05) is 19.1 Å². The van der Waals surface area contributed by atoms with Gasteiger partial charge < -0.3 is 10.1 Å². The van der Waals surface area contributed by atoms with Crippen molar-refractivity contribution in [3.63, 3.8) is 0 Å². The molecule has 0 spiro atoms. The lowest BCUT2D eigenvalue weighted by atomic mass is 10.1. The number of nitrogens with one attached hydrogen (secondary N) is 1. The minimum Gasteiger partial charge on any atom is -0.494 e.